The van der Waals surface area contributed by atoms with Crippen LogP contribution < -0.4 is 0 Å². The number of carbonyl (C=O) groups is 2. The van der Waals surface area contributed by atoms with Crippen LogP contribution in [0.3, 0.4) is 0 Å². The molecule has 0 radical (unpaired) electrons. The lowest BCUT2D eigenvalue weighted by Crippen LogP contribution is -2.46. The molecule has 1 aliphatic carbocycles. The lowest BCUT2D eigenvalue weighted by Gasteiger charge is -2.33. The normalized spacial score (nSPS) is 24.2. The number of fused-ring (bicyclic) bond motifs is 1. The third-order valence-corrected chi connectivity index (χ3v) is 6.09. The van der Waals surface area contributed by atoms with E-state index in [4.69, 9.17) is 4.42 Å². The van der Waals surface area contributed by atoms with Gasteiger partial charge in [-0.15, -0.1) is 0 Å². The van der Waals surface area contributed by atoms with Crippen molar-refractivity contribution in [3.63, 3.8) is 0 Å². The summed E-state index contributed by atoms with van der Waals surface area (Å²) < 4.78 is 5.90. The monoisotopic (exact) mass is 382 g/mol. The maximum absolute atomic E-state index is 12.9. The number of oxazole rings is 1. The molecular weight excluding hydrogens is 356 g/mol. The fraction of sp³-hybridized carbons (Fsp3) is 0.500. The average molecular weight is 382 g/mol. The number of amides is 1. The van der Waals surface area contributed by atoms with Gasteiger partial charge in [-0.05, 0) is 32.1 Å². The van der Waals surface area contributed by atoms with Crippen LogP contribution in [0.15, 0.2) is 34.7 Å². The fourth-order valence-electron chi connectivity index (χ4n) is 4.80. The summed E-state index contributed by atoms with van der Waals surface area (Å²) in [5.74, 6) is 0.586. The van der Waals surface area contributed by atoms with Gasteiger partial charge in [-0.3, -0.25) is 4.79 Å². The topological polar surface area (TPSA) is 83.6 Å². The smallest absolute Gasteiger partial charge is 0.326 e. The van der Waals surface area contributed by atoms with Crippen molar-refractivity contribution in [3.8, 4) is 11.3 Å². The molecule has 2 aromatic rings. The molecule has 3 atom stereocenters. The van der Waals surface area contributed by atoms with E-state index in [9.17, 15) is 14.7 Å². The van der Waals surface area contributed by atoms with Gasteiger partial charge in [-0.2, -0.15) is 0 Å². The molecule has 1 saturated carbocycles. The number of aryl methyl sites for hydroxylation is 2. The number of rotatable bonds is 5. The van der Waals surface area contributed by atoms with E-state index >= 15 is 0 Å². The molecule has 2 aliphatic rings. The summed E-state index contributed by atoms with van der Waals surface area (Å²) >= 11 is 0. The third-order valence-electron chi connectivity index (χ3n) is 6.09. The number of aromatic nitrogens is 1. The molecule has 1 N–H and O–H groups in total. The van der Waals surface area contributed by atoms with E-state index in [-0.39, 0.29) is 18.4 Å². The van der Waals surface area contributed by atoms with Gasteiger partial charge < -0.3 is 14.4 Å². The van der Waals surface area contributed by atoms with Crippen molar-refractivity contribution in [1.82, 2.24) is 9.88 Å². The van der Waals surface area contributed by atoms with Crippen molar-refractivity contribution >= 4 is 11.9 Å². The minimum atomic E-state index is -0.888. The molecular formula is C22H26N2O4. The van der Waals surface area contributed by atoms with Crippen molar-refractivity contribution in [3.05, 3.63) is 41.9 Å². The van der Waals surface area contributed by atoms with E-state index in [1.165, 1.54) is 0 Å². The summed E-state index contributed by atoms with van der Waals surface area (Å²) in [6, 6.07) is 9.16. The maximum atomic E-state index is 12.9. The van der Waals surface area contributed by atoms with Crippen LogP contribution in [0.1, 0.15) is 50.1 Å². The lowest BCUT2D eigenvalue weighted by molar-refractivity contribution is -0.149. The van der Waals surface area contributed by atoms with Crippen LogP contribution in [-0.4, -0.2) is 39.0 Å². The zero-order valence-electron chi connectivity index (χ0n) is 16.1. The molecule has 6 heteroatoms. The van der Waals surface area contributed by atoms with Crippen LogP contribution in [-0.2, 0) is 16.0 Å². The van der Waals surface area contributed by atoms with E-state index in [1.807, 2.05) is 37.3 Å². The standard InChI is InChI=1S/C22H26N2O4/c1-14-21(15-7-3-2-4-8-15)28-19(23-14)11-12-20(25)24-17-10-6-5-9-16(17)13-18(24)22(26)27/h2-4,7-8,16-18H,5-6,9-13H2,1H3,(H,26,27)/t16-,17-,18-/m0/s1. The molecule has 28 heavy (non-hydrogen) atoms. The first-order valence-corrected chi connectivity index (χ1v) is 10.1. The van der Waals surface area contributed by atoms with Gasteiger partial charge in [-0.1, -0.05) is 43.2 Å². The van der Waals surface area contributed by atoms with Crippen molar-refractivity contribution in [1.29, 1.82) is 0 Å². The zero-order valence-corrected chi connectivity index (χ0v) is 16.1. The van der Waals surface area contributed by atoms with Crippen molar-refractivity contribution < 1.29 is 19.1 Å². The Bertz CT molecular complexity index is 861. The number of likely N-dealkylation sites (tertiary alicyclic amines) is 1. The van der Waals surface area contributed by atoms with Crippen LogP contribution >= 0.6 is 0 Å². The molecule has 1 amide bonds. The van der Waals surface area contributed by atoms with E-state index in [0.717, 1.165) is 42.7 Å². The Morgan fingerprint density at radius 1 is 1.21 bits per heavy atom. The Hall–Kier alpha value is -2.63. The van der Waals surface area contributed by atoms with Crippen LogP contribution in [0.25, 0.3) is 11.3 Å². The van der Waals surface area contributed by atoms with E-state index in [1.54, 1.807) is 4.90 Å². The molecule has 1 saturated heterocycles. The zero-order chi connectivity index (χ0) is 19.7. The predicted octanol–water partition coefficient (Wildman–Crippen LogP) is 3.83. The first-order chi connectivity index (χ1) is 13.5. The lowest BCUT2D eigenvalue weighted by atomic mass is 9.84. The maximum Gasteiger partial charge on any atom is 0.326 e. The number of carboxylic acids is 1. The van der Waals surface area contributed by atoms with Crippen molar-refractivity contribution in [2.75, 3.05) is 0 Å². The highest BCUT2D eigenvalue weighted by molar-refractivity contribution is 5.85. The Morgan fingerprint density at radius 3 is 2.71 bits per heavy atom. The highest BCUT2D eigenvalue weighted by atomic mass is 16.4. The molecule has 1 aliphatic heterocycles. The second kappa shape index (κ2) is 7.78. The third kappa shape index (κ3) is 3.55. The number of carboxylic acid groups (broad SMARTS) is 1. The van der Waals surface area contributed by atoms with Gasteiger partial charge in [0.1, 0.15) is 6.04 Å². The van der Waals surface area contributed by atoms with Gasteiger partial charge in [0, 0.05) is 24.4 Å². The Labute approximate surface area is 164 Å². The summed E-state index contributed by atoms with van der Waals surface area (Å²) in [4.78, 5) is 30.8. The average Bonchev–Trinajstić information content (AvgIpc) is 3.27. The molecule has 0 bridgehead atoms. The van der Waals surface area contributed by atoms with Gasteiger partial charge in [0.05, 0.1) is 5.69 Å². The molecule has 2 heterocycles. The van der Waals surface area contributed by atoms with Gasteiger partial charge in [-0.25, -0.2) is 9.78 Å². The highest BCUT2D eigenvalue weighted by Gasteiger charge is 2.47. The summed E-state index contributed by atoms with van der Waals surface area (Å²) in [6.07, 6.45) is 5.33. The summed E-state index contributed by atoms with van der Waals surface area (Å²) in [5.41, 5.74) is 1.76. The van der Waals surface area contributed by atoms with Gasteiger partial charge >= 0.3 is 5.97 Å². The summed E-state index contributed by atoms with van der Waals surface area (Å²) in [5, 5.41) is 9.61. The second-order valence-corrected chi connectivity index (χ2v) is 7.89. The number of hydrogen-bond acceptors (Lipinski definition) is 4. The molecule has 6 nitrogen and oxygen atoms in total. The van der Waals surface area contributed by atoms with Crippen molar-refractivity contribution in [2.24, 2.45) is 5.92 Å². The van der Waals surface area contributed by atoms with E-state index in [0.29, 0.717) is 24.7 Å². The SMILES string of the molecule is Cc1nc(CCC(=O)N2[C@H](C(=O)O)C[C@@H]3CCCC[C@@H]32)oc1-c1ccccc1. The quantitative estimate of drug-likeness (QED) is 0.850. The van der Waals surface area contributed by atoms with E-state index < -0.39 is 12.0 Å². The van der Waals surface area contributed by atoms with Gasteiger partial charge in [0.2, 0.25) is 5.91 Å². The van der Waals surface area contributed by atoms with Crippen LogP contribution in [0, 0.1) is 12.8 Å². The molecule has 2 fully saturated rings. The predicted molar refractivity (Wildman–Crippen MR) is 104 cm³/mol. The minimum Gasteiger partial charge on any atom is -0.480 e. The summed E-state index contributed by atoms with van der Waals surface area (Å²) in [7, 11) is 0. The Balaban J connectivity index is 1.46. The van der Waals surface area contributed by atoms with Crippen LogP contribution in [0.5, 0.6) is 0 Å². The van der Waals surface area contributed by atoms with Crippen LogP contribution in [0.4, 0.5) is 0 Å². The molecule has 148 valence electrons. The number of benzene rings is 1. The fourth-order valence-corrected chi connectivity index (χ4v) is 4.80. The van der Waals surface area contributed by atoms with Crippen LogP contribution in [0.2, 0.25) is 0 Å². The molecule has 4 rings (SSSR count). The minimum absolute atomic E-state index is 0.0773. The molecule has 1 aromatic heterocycles. The van der Waals surface area contributed by atoms with Gasteiger partial charge in [0.15, 0.2) is 11.7 Å². The first kappa shape index (κ1) is 18.7. The van der Waals surface area contributed by atoms with Crippen molar-refractivity contribution in [2.45, 2.75) is 64.0 Å². The summed E-state index contributed by atoms with van der Waals surface area (Å²) in [6.45, 7) is 1.89. The number of carbonyl (C=O) groups excluding carboxylic acids is 1. The molecule has 1 aromatic carbocycles. The van der Waals surface area contributed by atoms with Gasteiger partial charge in [0.25, 0.3) is 0 Å². The van der Waals surface area contributed by atoms with E-state index in [2.05, 4.69) is 4.98 Å². The highest BCUT2D eigenvalue weighted by Crippen LogP contribution is 2.40. The Morgan fingerprint density at radius 2 is 1.96 bits per heavy atom. The first-order valence-electron chi connectivity index (χ1n) is 10.1. The molecule has 0 spiro atoms. The number of nitrogens with zero attached hydrogens (tertiary/aromatic N) is 2. The largest absolute Gasteiger partial charge is 0.480 e. The Kier molecular flexibility index (Phi) is 5.20. The number of aliphatic carboxylic acids is 1. The number of hydrogen-bond donors (Lipinski definition) is 1. The molecule has 0 unspecified atom stereocenters. The second-order valence-electron chi connectivity index (χ2n) is 7.89.